The summed E-state index contributed by atoms with van der Waals surface area (Å²) in [6, 6.07) is 0. The molecule has 1 saturated heterocycles. The van der Waals surface area contributed by atoms with E-state index in [4.69, 9.17) is 6.57 Å². The molecule has 1 fully saturated rings. The van der Waals surface area contributed by atoms with Crippen molar-refractivity contribution in [2.45, 2.75) is 6.42 Å². The lowest BCUT2D eigenvalue weighted by atomic mass is 10.4. The minimum atomic E-state index is -0.0229. The van der Waals surface area contributed by atoms with Crippen LogP contribution in [0.5, 0.6) is 0 Å². The Balaban J connectivity index is 2.42. The second-order valence-electron chi connectivity index (χ2n) is 3.35. The smallest absolute Gasteiger partial charge is 0.302 e. The lowest BCUT2D eigenvalue weighted by molar-refractivity contribution is -0.128. The molecule has 0 aromatic carbocycles. The molecular weight excluding hydrogens is 166 g/mol. The Hall–Kier alpha value is -1.08. The molecule has 0 bridgehead atoms. The molecule has 4 nitrogen and oxygen atoms in total. The van der Waals surface area contributed by atoms with Gasteiger partial charge in [0.05, 0.1) is 0 Å². The minimum Gasteiger partial charge on any atom is -0.335 e. The number of likely N-dealkylation sites (N-methyl/N-ethyl adjacent to an activating group) is 1. The number of carbonyl (C=O) groups is 1. The second kappa shape index (κ2) is 4.83. The van der Waals surface area contributed by atoms with E-state index in [9.17, 15) is 4.79 Å². The summed E-state index contributed by atoms with van der Waals surface area (Å²) >= 11 is 0. The summed E-state index contributed by atoms with van der Waals surface area (Å²) in [5.41, 5.74) is 0. The standard InChI is InChI=1S/C9H15N3O/c1-10-8-9(13)12-5-3-4-11(2)6-7-12/h3-8H2,2H3. The Morgan fingerprint density at radius 2 is 2.15 bits per heavy atom. The Morgan fingerprint density at radius 1 is 1.38 bits per heavy atom. The van der Waals surface area contributed by atoms with Crippen LogP contribution in [-0.2, 0) is 4.79 Å². The highest BCUT2D eigenvalue weighted by molar-refractivity contribution is 5.79. The Kier molecular flexibility index (Phi) is 3.71. The summed E-state index contributed by atoms with van der Waals surface area (Å²) in [6.45, 7) is 10.2. The molecule has 72 valence electrons. The van der Waals surface area contributed by atoms with Crippen LogP contribution in [0.1, 0.15) is 6.42 Å². The van der Waals surface area contributed by atoms with Crippen LogP contribution in [0, 0.1) is 6.57 Å². The number of carbonyl (C=O) groups excluding carboxylic acids is 1. The summed E-state index contributed by atoms with van der Waals surface area (Å²) in [5.74, 6) is -0.0229. The van der Waals surface area contributed by atoms with Gasteiger partial charge >= 0.3 is 5.91 Å². The van der Waals surface area contributed by atoms with Gasteiger partial charge in [0.15, 0.2) is 0 Å². The Bertz CT molecular complexity index is 221. The van der Waals surface area contributed by atoms with Crippen molar-refractivity contribution >= 4 is 5.91 Å². The first-order valence-corrected chi connectivity index (χ1v) is 4.53. The molecule has 1 aliphatic heterocycles. The lowest BCUT2D eigenvalue weighted by Crippen LogP contribution is -2.35. The van der Waals surface area contributed by atoms with E-state index in [0.717, 1.165) is 32.6 Å². The lowest BCUT2D eigenvalue weighted by Gasteiger charge is -2.17. The molecule has 0 aliphatic carbocycles. The average Bonchev–Trinajstić information content (AvgIpc) is 2.30. The van der Waals surface area contributed by atoms with Crippen molar-refractivity contribution in [3.05, 3.63) is 11.4 Å². The second-order valence-corrected chi connectivity index (χ2v) is 3.35. The number of hydrogen-bond acceptors (Lipinski definition) is 2. The maximum atomic E-state index is 11.4. The van der Waals surface area contributed by atoms with E-state index in [2.05, 4.69) is 16.8 Å². The first kappa shape index (κ1) is 10.0. The normalized spacial score (nSPS) is 19.2. The predicted molar refractivity (Wildman–Crippen MR) is 50.2 cm³/mol. The molecule has 0 unspecified atom stereocenters. The van der Waals surface area contributed by atoms with Crippen molar-refractivity contribution in [3.63, 3.8) is 0 Å². The van der Waals surface area contributed by atoms with Gasteiger partial charge in [-0.3, -0.25) is 4.79 Å². The van der Waals surface area contributed by atoms with Crippen molar-refractivity contribution in [1.29, 1.82) is 0 Å². The summed E-state index contributed by atoms with van der Waals surface area (Å²) in [7, 11) is 2.06. The maximum Gasteiger partial charge on any atom is 0.302 e. The summed E-state index contributed by atoms with van der Waals surface area (Å²) in [6.07, 6.45) is 1.01. The molecule has 1 heterocycles. The maximum absolute atomic E-state index is 11.4. The third kappa shape index (κ3) is 3.03. The van der Waals surface area contributed by atoms with E-state index in [0.29, 0.717) is 0 Å². The van der Waals surface area contributed by atoms with Gasteiger partial charge in [0.2, 0.25) is 0 Å². The van der Waals surface area contributed by atoms with Gasteiger partial charge in [0.25, 0.3) is 6.54 Å². The summed E-state index contributed by atoms with van der Waals surface area (Å²) < 4.78 is 0. The van der Waals surface area contributed by atoms with Crippen LogP contribution in [0.3, 0.4) is 0 Å². The topological polar surface area (TPSA) is 27.9 Å². The third-order valence-corrected chi connectivity index (χ3v) is 2.29. The highest BCUT2D eigenvalue weighted by Crippen LogP contribution is 2.01. The van der Waals surface area contributed by atoms with E-state index in [1.807, 2.05) is 0 Å². The molecule has 1 rings (SSSR count). The molecule has 1 aliphatic rings. The van der Waals surface area contributed by atoms with E-state index >= 15 is 0 Å². The number of amides is 1. The number of rotatable bonds is 1. The SMILES string of the molecule is [C-]#[N+]CC(=O)N1CCCN(C)CC1. The third-order valence-electron chi connectivity index (χ3n) is 2.29. The zero-order chi connectivity index (χ0) is 9.68. The van der Waals surface area contributed by atoms with Gasteiger partial charge in [-0.25, -0.2) is 6.57 Å². The first-order valence-electron chi connectivity index (χ1n) is 4.53. The molecule has 0 atom stereocenters. The van der Waals surface area contributed by atoms with Crippen molar-refractivity contribution in [1.82, 2.24) is 9.80 Å². The Labute approximate surface area is 78.9 Å². The molecule has 13 heavy (non-hydrogen) atoms. The fourth-order valence-corrected chi connectivity index (χ4v) is 1.46. The first-order chi connectivity index (χ1) is 6.24. The predicted octanol–water partition coefficient (Wildman–Crippen LogP) is 0.0698. The van der Waals surface area contributed by atoms with Gasteiger partial charge in [-0.05, 0) is 20.0 Å². The molecule has 0 spiro atoms. The molecular formula is C9H15N3O. The van der Waals surface area contributed by atoms with Gasteiger partial charge in [0, 0.05) is 19.6 Å². The summed E-state index contributed by atoms with van der Waals surface area (Å²) in [4.78, 5) is 18.5. The van der Waals surface area contributed by atoms with E-state index in [-0.39, 0.29) is 12.5 Å². The van der Waals surface area contributed by atoms with Gasteiger partial charge < -0.3 is 14.6 Å². The van der Waals surface area contributed by atoms with E-state index in [1.54, 1.807) is 4.90 Å². The highest BCUT2D eigenvalue weighted by Gasteiger charge is 2.18. The van der Waals surface area contributed by atoms with Crippen molar-refractivity contribution in [2.75, 3.05) is 39.8 Å². The Morgan fingerprint density at radius 3 is 2.85 bits per heavy atom. The van der Waals surface area contributed by atoms with Crippen LogP contribution in [0.25, 0.3) is 4.85 Å². The van der Waals surface area contributed by atoms with Crippen LogP contribution in [0.15, 0.2) is 0 Å². The molecule has 0 radical (unpaired) electrons. The molecule has 0 N–H and O–H groups in total. The number of hydrogen-bond donors (Lipinski definition) is 0. The highest BCUT2D eigenvalue weighted by atomic mass is 16.2. The van der Waals surface area contributed by atoms with E-state index in [1.165, 1.54) is 0 Å². The number of nitrogens with zero attached hydrogens (tertiary/aromatic N) is 3. The van der Waals surface area contributed by atoms with Gasteiger partial charge in [-0.15, -0.1) is 0 Å². The minimum absolute atomic E-state index is 0.00368. The van der Waals surface area contributed by atoms with Crippen molar-refractivity contribution in [3.8, 4) is 0 Å². The summed E-state index contributed by atoms with van der Waals surface area (Å²) in [5, 5.41) is 0. The molecule has 0 aromatic rings. The fourth-order valence-electron chi connectivity index (χ4n) is 1.46. The largest absolute Gasteiger partial charge is 0.335 e. The van der Waals surface area contributed by atoms with Crippen molar-refractivity contribution < 1.29 is 4.79 Å². The molecule has 0 aromatic heterocycles. The zero-order valence-electron chi connectivity index (χ0n) is 7.99. The fraction of sp³-hybridized carbons (Fsp3) is 0.778. The van der Waals surface area contributed by atoms with E-state index < -0.39 is 0 Å². The van der Waals surface area contributed by atoms with Gasteiger partial charge in [0.1, 0.15) is 0 Å². The molecule has 4 heteroatoms. The zero-order valence-corrected chi connectivity index (χ0v) is 7.99. The van der Waals surface area contributed by atoms with Crippen LogP contribution in [-0.4, -0.2) is 55.5 Å². The van der Waals surface area contributed by atoms with Crippen LogP contribution in [0.4, 0.5) is 0 Å². The van der Waals surface area contributed by atoms with Crippen LogP contribution >= 0.6 is 0 Å². The quantitative estimate of drug-likeness (QED) is 0.535. The van der Waals surface area contributed by atoms with Gasteiger partial charge in [-0.1, -0.05) is 0 Å². The molecule has 1 amide bonds. The molecule has 0 saturated carbocycles. The average molecular weight is 181 g/mol. The van der Waals surface area contributed by atoms with Gasteiger partial charge in [-0.2, -0.15) is 0 Å². The monoisotopic (exact) mass is 181 g/mol. The van der Waals surface area contributed by atoms with Crippen LogP contribution < -0.4 is 0 Å². The van der Waals surface area contributed by atoms with Crippen molar-refractivity contribution in [2.24, 2.45) is 0 Å². The van der Waals surface area contributed by atoms with Crippen LogP contribution in [0.2, 0.25) is 0 Å².